The molecule has 1 aromatic rings. The molecule has 80 valence electrons. The number of benzene rings is 1. The maximum absolute atomic E-state index is 9.84. The van der Waals surface area contributed by atoms with E-state index in [2.05, 4.69) is 5.92 Å². The van der Waals surface area contributed by atoms with Crippen LogP contribution < -0.4 is 4.74 Å². The Morgan fingerprint density at radius 1 is 1.60 bits per heavy atom. The Labute approximate surface area is 94.8 Å². The van der Waals surface area contributed by atoms with Crippen LogP contribution in [0.1, 0.15) is 24.5 Å². The molecule has 0 amide bonds. The lowest BCUT2D eigenvalue weighted by Gasteiger charge is -2.13. The minimum atomic E-state index is -0.603. The molecule has 0 saturated carbocycles. The molecule has 3 heteroatoms. The Morgan fingerprint density at radius 3 is 2.93 bits per heavy atom. The molecule has 1 aromatic carbocycles. The molecule has 0 saturated heterocycles. The van der Waals surface area contributed by atoms with Gasteiger partial charge in [-0.25, -0.2) is 0 Å². The summed E-state index contributed by atoms with van der Waals surface area (Å²) in [5.41, 5.74) is 0.720. The molecule has 0 radical (unpaired) electrons. The Morgan fingerprint density at radius 2 is 2.33 bits per heavy atom. The van der Waals surface area contributed by atoms with Gasteiger partial charge in [0.2, 0.25) is 0 Å². The zero-order valence-corrected chi connectivity index (χ0v) is 9.29. The second-order valence-electron chi connectivity index (χ2n) is 3.14. The number of aliphatic hydroxyl groups excluding tert-OH is 1. The first kappa shape index (κ1) is 11.9. The number of hydrogen-bond acceptors (Lipinski definition) is 2. The van der Waals surface area contributed by atoms with Crippen LogP contribution in [0.5, 0.6) is 5.75 Å². The molecular formula is C12H13ClO2. The van der Waals surface area contributed by atoms with E-state index in [0.29, 0.717) is 23.6 Å². The van der Waals surface area contributed by atoms with E-state index in [0.717, 1.165) is 5.56 Å². The average molecular weight is 225 g/mol. The predicted octanol–water partition coefficient (Wildman–Crippen LogP) is 2.80. The molecule has 0 aliphatic carbocycles. The fourth-order valence-corrected chi connectivity index (χ4v) is 1.50. The van der Waals surface area contributed by atoms with Gasteiger partial charge in [0.05, 0.1) is 13.2 Å². The number of hydrogen-bond donors (Lipinski definition) is 1. The van der Waals surface area contributed by atoms with Crippen LogP contribution in [0.3, 0.4) is 0 Å². The summed E-state index contributed by atoms with van der Waals surface area (Å²) >= 11 is 5.81. The van der Waals surface area contributed by atoms with E-state index in [-0.39, 0.29) is 0 Å². The van der Waals surface area contributed by atoms with Gasteiger partial charge in [-0.3, -0.25) is 0 Å². The number of halogens is 1. The van der Waals surface area contributed by atoms with Crippen molar-refractivity contribution in [2.24, 2.45) is 0 Å². The summed E-state index contributed by atoms with van der Waals surface area (Å²) in [6, 6.07) is 5.15. The third-order valence-corrected chi connectivity index (χ3v) is 2.35. The highest BCUT2D eigenvalue weighted by atomic mass is 35.5. The van der Waals surface area contributed by atoms with Crippen LogP contribution in [0.15, 0.2) is 18.2 Å². The second-order valence-corrected chi connectivity index (χ2v) is 3.58. The topological polar surface area (TPSA) is 29.5 Å². The fourth-order valence-electron chi connectivity index (χ4n) is 1.34. The Balaban J connectivity index is 2.88. The van der Waals surface area contributed by atoms with E-state index in [9.17, 15) is 5.11 Å². The molecular weight excluding hydrogens is 212 g/mol. The summed E-state index contributed by atoms with van der Waals surface area (Å²) in [5, 5.41) is 10.4. The van der Waals surface area contributed by atoms with Crippen molar-refractivity contribution in [1.82, 2.24) is 0 Å². The van der Waals surface area contributed by atoms with Crippen molar-refractivity contribution in [1.29, 1.82) is 0 Å². The van der Waals surface area contributed by atoms with E-state index < -0.39 is 6.10 Å². The minimum absolute atomic E-state index is 0.522. The average Bonchev–Trinajstić information content (AvgIpc) is 2.25. The largest absolute Gasteiger partial charge is 0.496 e. The highest BCUT2D eigenvalue weighted by Gasteiger charge is 2.12. The Bertz CT molecular complexity index is 368. The maximum Gasteiger partial charge on any atom is 0.126 e. The summed E-state index contributed by atoms with van der Waals surface area (Å²) in [4.78, 5) is 0. The number of ether oxygens (including phenoxy) is 1. The summed E-state index contributed by atoms with van der Waals surface area (Å²) in [5.74, 6) is 3.08. The van der Waals surface area contributed by atoms with Crippen molar-refractivity contribution in [3.05, 3.63) is 28.8 Å². The summed E-state index contributed by atoms with van der Waals surface area (Å²) < 4.78 is 5.13. The van der Waals surface area contributed by atoms with Crippen molar-refractivity contribution in [2.45, 2.75) is 18.9 Å². The fraction of sp³-hybridized carbons (Fsp3) is 0.333. The van der Waals surface area contributed by atoms with Crippen LogP contribution in [0.25, 0.3) is 0 Å². The summed E-state index contributed by atoms with van der Waals surface area (Å²) in [7, 11) is 1.54. The number of rotatable bonds is 4. The summed E-state index contributed by atoms with van der Waals surface area (Å²) in [6.07, 6.45) is 5.59. The lowest BCUT2D eigenvalue weighted by Crippen LogP contribution is -2.00. The molecule has 0 aromatic heterocycles. The maximum atomic E-state index is 9.84. The highest BCUT2D eigenvalue weighted by molar-refractivity contribution is 6.30. The molecule has 0 aliphatic heterocycles. The number of terminal acetylenes is 1. The zero-order valence-electron chi connectivity index (χ0n) is 8.53. The molecule has 1 N–H and O–H groups in total. The van der Waals surface area contributed by atoms with Gasteiger partial charge in [-0.15, -0.1) is 12.3 Å². The van der Waals surface area contributed by atoms with Crippen LogP contribution in [0.4, 0.5) is 0 Å². The van der Waals surface area contributed by atoms with Crippen LogP contribution in [0.2, 0.25) is 5.02 Å². The first-order valence-electron chi connectivity index (χ1n) is 4.64. The van der Waals surface area contributed by atoms with Crippen molar-refractivity contribution < 1.29 is 9.84 Å². The van der Waals surface area contributed by atoms with E-state index in [1.807, 2.05) is 0 Å². The summed E-state index contributed by atoms with van der Waals surface area (Å²) in [6.45, 7) is 0. The molecule has 0 bridgehead atoms. The van der Waals surface area contributed by atoms with E-state index in [1.165, 1.54) is 0 Å². The van der Waals surface area contributed by atoms with Gasteiger partial charge in [-0.1, -0.05) is 17.7 Å². The molecule has 1 unspecified atom stereocenters. The van der Waals surface area contributed by atoms with Crippen LogP contribution >= 0.6 is 11.6 Å². The highest BCUT2D eigenvalue weighted by Crippen LogP contribution is 2.30. The van der Waals surface area contributed by atoms with Gasteiger partial charge in [0.1, 0.15) is 5.75 Å². The van der Waals surface area contributed by atoms with Gasteiger partial charge >= 0.3 is 0 Å². The quantitative estimate of drug-likeness (QED) is 0.797. The van der Waals surface area contributed by atoms with E-state index in [1.54, 1.807) is 25.3 Å². The zero-order chi connectivity index (χ0) is 11.3. The lowest BCUT2D eigenvalue weighted by atomic mass is 10.0. The monoisotopic (exact) mass is 224 g/mol. The standard InChI is InChI=1S/C12H13ClO2/c1-3-4-5-11(14)10-7-6-9(13)8-12(10)15-2/h1,6-8,11,14H,4-5H2,2H3. The predicted molar refractivity (Wildman–Crippen MR) is 61.0 cm³/mol. The van der Waals surface area contributed by atoms with Crippen molar-refractivity contribution >= 4 is 11.6 Å². The third-order valence-electron chi connectivity index (χ3n) is 2.12. The van der Waals surface area contributed by atoms with Gasteiger partial charge < -0.3 is 9.84 Å². The van der Waals surface area contributed by atoms with E-state index >= 15 is 0 Å². The lowest BCUT2D eigenvalue weighted by molar-refractivity contribution is 0.165. The number of methoxy groups -OCH3 is 1. The van der Waals surface area contributed by atoms with Gasteiger partial charge in [0.25, 0.3) is 0 Å². The molecule has 0 fully saturated rings. The van der Waals surface area contributed by atoms with Crippen molar-refractivity contribution in [2.75, 3.05) is 7.11 Å². The second kappa shape index (κ2) is 5.65. The first-order chi connectivity index (χ1) is 7.19. The first-order valence-corrected chi connectivity index (χ1v) is 5.01. The Kier molecular flexibility index (Phi) is 4.48. The molecule has 0 heterocycles. The van der Waals surface area contributed by atoms with Crippen molar-refractivity contribution in [3.63, 3.8) is 0 Å². The van der Waals surface area contributed by atoms with Crippen molar-refractivity contribution in [3.8, 4) is 18.1 Å². The normalized spacial score (nSPS) is 11.9. The van der Waals surface area contributed by atoms with Gasteiger partial charge in [0, 0.05) is 17.0 Å². The molecule has 15 heavy (non-hydrogen) atoms. The van der Waals surface area contributed by atoms with E-state index in [4.69, 9.17) is 22.8 Å². The van der Waals surface area contributed by atoms with Crippen LogP contribution in [-0.2, 0) is 0 Å². The van der Waals surface area contributed by atoms with Gasteiger partial charge in [-0.05, 0) is 18.6 Å². The molecule has 0 spiro atoms. The molecule has 1 rings (SSSR count). The Hall–Kier alpha value is -1.17. The molecule has 1 atom stereocenters. The third kappa shape index (κ3) is 3.16. The van der Waals surface area contributed by atoms with Crippen LogP contribution in [-0.4, -0.2) is 12.2 Å². The van der Waals surface area contributed by atoms with Gasteiger partial charge in [0.15, 0.2) is 0 Å². The minimum Gasteiger partial charge on any atom is -0.496 e. The molecule has 2 nitrogen and oxygen atoms in total. The van der Waals surface area contributed by atoms with Gasteiger partial charge in [-0.2, -0.15) is 0 Å². The number of aliphatic hydroxyl groups is 1. The smallest absolute Gasteiger partial charge is 0.126 e. The van der Waals surface area contributed by atoms with Crippen LogP contribution in [0, 0.1) is 12.3 Å². The SMILES string of the molecule is C#CCCC(O)c1ccc(Cl)cc1OC. The molecule has 0 aliphatic rings.